The van der Waals surface area contributed by atoms with Crippen LogP contribution in [0.25, 0.3) is 0 Å². The Balaban J connectivity index is 2.37. The van der Waals surface area contributed by atoms with Gasteiger partial charge in [0.25, 0.3) is 11.8 Å². The summed E-state index contributed by atoms with van der Waals surface area (Å²) in [4.78, 5) is 24.3. The van der Waals surface area contributed by atoms with Gasteiger partial charge in [-0.25, -0.2) is 0 Å². The van der Waals surface area contributed by atoms with Crippen molar-refractivity contribution in [2.75, 3.05) is 13.7 Å². The van der Waals surface area contributed by atoms with Crippen LogP contribution in [0.15, 0.2) is 30.9 Å². The summed E-state index contributed by atoms with van der Waals surface area (Å²) >= 11 is 0. The number of imide groups is 1. The number of carbonyl (C=O) groups excluding carboxylic acids is 2. The van der Waals surface area contributed by atoms with Gasteiger partial charge in [-0.15, -0.1) is 0 Å². The molecule has 1 aromatic carbocycles. The van der Waals surface area contributed by atoms with Crippen molar-refractivity contribution in [3.05, 3.63) is 42.0 Å². The molecule has 1 aliphatic heterocycles. The molecule has 0 radical (unpaired) electrons. The molecule has 0 unspecified atom stereocenters. The highest BCUT2D eigenvalue weighted by Crippen LogP contribution is 2.25. The highest BCUT2D eigenvalue weighted by atomic mass is 16.5. The van der Waals surface area contributed by atoms with Crippen molar-refractivity contribution in [1.82, 2.24) is 4.90 Å². The van der Waals surface area contributed by atoms with Crippen LogP contribution in [-0.4, -0.2) is 30.4 Å². The molecule has 0 bridgehead atoms. The first-order chi connectivity index (χ1) is 7.65. The summed E-state index contributed by atoms with van der Waals surface area (Å²) in [5.41, 5.74) is 0.826. The Kier molecular flexibility index (Phi) is 2.48. The van der Waals surface area contributed by atoms with Crippen LogP contribution in [0.1, 0.15) is 20.7 Å². The van der Waals surface area contributed by atoms with Crippen molar-refractivity contribution in [3.8, 4) is 5.75 Å². The maximum atomic E-state index is 11.7. The maximum Gasteiger partial charge on any atom is 0.261 e. The number of carbonyl (C=O) groups is 2. The van der Waals surface area contributed by atoms with Crippen molar-refractivity contribution < 1.29 is 14.3 Å². The fraction of sp³-hybridized carbons (Fsp3) is 0.167. The predicted octanol–water partition coefficient (Wildman–Crippen LogP) is 1.48. The molecule has 4 heteroatoms. The van der Waals surface area contributed by atoms with E-state index in [-0.39, 0.29) is 11.8 Å². The van der Waals surface area contributed by atoms with Crippen molar-refractivity contribution >= 4 is 11.8 Å². The number of ether oxygens (including phenoxy) is 1. The van der Waals surface area contributed by atoms with E-state index in [4.69, 9.17) is 4.74 Å². The van der Waals surface area contributed by atoms with Crippen molar-refractivity contribution in [2.24, 2.45) is 0 Å². The second-order valence-electron chi connectivity index (χ2n) is 3.48. The molecule has 0 aliphatic carbocycles. The third-order valence-electron chi connectivity index (χ3n) is 2.43. The smallest absolute Gasteiger partial charge is 0.261 e. The Bertz CT molecular complexity index is 479. The van der Waals surface area contributed by atoms with Crippen molar-refractivity contribution in [3.63, 3.8) is 0 Å². The van der Waals surface area contributed by atoms with Crippen molar-refractivity contribution in [1.29, 1.82) is 0 Å². The fourth-order valence-electron chi connectivity index (χ4n) is 1.59. The molecule has 2 amide bonds. The van der Waals surface area contributed by atoms with Crippen LogP contribution in [0.5, 0.6) is 5.75 Å². The highest BCUT2D eigenvalue weighted by Gasteiger charge is 2.32. The predicted molar refractivity (Wildman–Crippen MR) is 58.6 cm³/mol. The average Bonchev–Trinajstić information content (AvgIpc) is 2.52. The topological polar surface area (TPSA) is 46.6 Å². The molecule has 0 fully saturated rings. The molecule has 1 aliphatic rings. The van der Waals surface area contributed by atoms with Gasteiger partial charge in [-0.2, -0.15) is 0 Å². The Hall–Kier alpha value is -2.10. The highest BCUT2D eigenvalue weighted by molar-refractivity contribution is 6.21. The maximum absolute atomic E-state index is 11.7. The second-order valence-corrected chi connectivity index (χ2v) is 3.48. The van der Waals surface area contributed by atoms with Gasteiger partial charge in [0.1, 0.15) is 12.4 Å². The van der Waals surface area contributed by atoms with Crippen LogP contribution in [0.4, 0.5) is 0 Å². The zero-order valence-corrected chi connectivity index (χ0v) is 8.90. The quantitative estimate of drug-likeness (QED) is 0.569. The summed E-state index contributed by atoms with van der Waals surface area (Å²) < 4.78 is 5.30. The van der Waals surface area contributed by atoms with Gasteiger partial charge in [0.15, 0.2) is 0 Å². The minimum atomic E-state index is -0.288. The van der Waals surface area contributed by atoms with Crippen LogP contribution in [0, 0.1) is 0 Å². The average molecular weight is 217 g/mol. The first-order valence-corrected chi connectivity index (χ1v) is 4.85. The lowest BCUT2D eigenvalue weighted by atomic mass is 10.1. The van der Waals surface area contributed by atoms with E-state index < -0.39 is 0 Å². The standard InChI is InChI=1S/C12H11NO3/c1-3-6-16-8-4-5-9-10(7-8)12(15)13(2)11(9)14/h3-5,7H,1,6H2,2H3. The van der Waals surface area contributed by atoms with E-state index in [0.29, 0.717) is 23.5 Å². The number of nitrogens with zero attached hydrogens (tertiary/aromatic N) is 1. The molecule has 16 heavy (non-hydrogen) atoms. The molecule has 0 atom stereocenters. The fourth-order valence-corrected chi connectivity index (χ4v) is 1.59. The third-order valence-corrected chi connectivity index (χ3v) is 2.43. The minimum absolute atomic E-state index is 0.268. The second kappa shape index (κ2) is 3.81. The molecule has 2 rings (SSSR count). The van der Waals surface area contributed by atoms with E-state index in [0.717, 1.165) is 4.90 Å². The zero-order chi connectivity index (χ0) is 11.7. The summed E-state index contributed by atoms with van der Waals surface area (Å²) in [6, 6.07) is 4.87. The van der Waals surface area contributed by atoms with Crippen LogP contribution in [0.3, 0.4) is 0 Å². The molecule has 1 heterocycles. The lowest BCUT2D eigenvalue weighted by Gasteiger charge is -2.03. The Morgan fingerprint density at radius 3 is 2.69 bits per heavy atom. The van der Waals surface area contributed by atoms with E-state index in [1.807, 2.05) is 0 Å². The van der Waals surface area contributed by atoms with Crippen LogP contribution < -0.4 is 4.74 Å². The molecule has 1 aromatic rings. The first kappa shape index (κ1) is 10.4. The minimum Gasteiger partial charge on any atom is -0.490 e. The number of fused-ring (bicyclic) bond motifs is 1. The Labute approximate surface area is 93.1 Å². The van der Waals surface area contributed by atoms with E-state index >= 15 is 0 Å². The first-order valence-electron chi connectivity index (χ1n) is 4.85. The number of rotatable bonds is 3. The molecular formula is C12H11NO3. The SMILES string of the molecule is C=CCOc1ccc2c(c1)C(=O)N(C)C2=O. The Morgan fingerprint density at radius 1 is 1.31 bits per heavy atom. The van der Waals surface area contributed by atoms with Gasteiger partial charge in [-0.05, 0) is 18.2 Å². The summed E-state index contributed by atoms with van der Waals surface area (Å²) in [6.07, 6.45) is 1.62. The lowest BCUT2D eigenvalue weighted by Crippen LogP contribution is -2.24. The van der Waals surface area contributed by atoms with Gasteiger partial charge in [0.05, 0.1) is 11.1 Å². The zero-order valence-electron chi connectivity index (χ0n) is 8.90. The molecule has 4 nitrogen and oxygen atoms in total. The summed E-state index contributed by atoms with van der Waals surface area (Å²) in [6.45, 7) is 3.90. The van der Waals surface area contributed by atoms with E-state index in [2.05, 4.69) is 6.58 Å². The molecule has 0 N–H and O–H groups in total. The number of amides is 2. The normalized spacial score (nSPS) is 13.9. The largest absolute Gasteiger partial charge is 0.490 e. The molecule has 82 valence electrons. The summed E-state index contributed by atoms with van der Waals surface area (Å²) in [5, 5.41) is 0. The molecule has 0 spiro atoms. The third kappa shape index (κ3) is 1.48. The van der Waals surface area contributed by atoms with Crippen LogP contribution in [0.2, 0.25) is 0 Å². The lowest BCUT2D eigenvalue weighted by molar-refractivity contribution is 0.0693. The van der Waals surface area contributed by atoms with Gasteiger partial charge >= 0.3 is 0 Å². The summed E-state index contributed by atoms with van der Waals surface area (Å²) in [7, 11) is 1.47. The number of benzene rings is 1. The molecule has 0 saturated carbocycles. The molecule has 0 aromatic heterocycles. The van der Waals surface area contributed by atoms with Crippen LogP contribution in [-0.2, 0) is 0 Å². The summed E-state index contributed by atoms with van der Waals surface area (Å²) in [5.74, 6) is 0.00873. The van der Waals surface area contributed by atoms with Gasteiger partial charge in [0.2, 0.25) is 0 Å². The van der Waals surface area contributed by atoms with E-state index in [1.54, 1.807) is 24.3 Å². The van der Waals surface area contributed by atoms with Gasteiger partial charge in [-0.1, -0.05) is 12.7 Å². The van der Waals surface area contributed by atoms with Gasteiger partial charge in [-0.3, -0.25) is 14.5 Å². The molecular weight excluding hydrogens is 206 g/mol. The molecule has 0 saturated heterocycles. The number of hydrogen-bond donors (Lipinski definition) is 0. The van der Waals surface area contributed by atoms with E-state index in [1.165, 1.54) is 7.05 Å². The van der Waals surface area contributed by atoms with Crippen molar-refractivity contribution in [2.45, 2.75) is 0 Å². The van der Waals surface area contributed by atoms with Gasteiger partial charge in [0, 0.05) is 7.05 Å². The monoisotopic (exact) mass is 217 g/mol. The number of hydrogen-bond acceptors (Lipinski definition) is 3. The Morgan fingerprint density at radius 2 is 2.00 bits per heavy atom. The van der Waals surface area contributed by atoms with E-state index in [9.17, 15) is 9.59 Å². The van der Waals surface area contributed by atoms with Gasteiger partial charge < -0.3 is 4.74 Å². The van der Waals surface area contributed by atoms with Crippen LogP contribution >= 0.6 is 0 Å².